The van der Waals surface area contributed by atoms with Crippen LogP contribution in [0.25, 0.3) is 17.2 Å². The molecular formula is C23H16F2N2OS. The number of halogens is 2. The number of para-hydroxylation sites is 1. The summed E-state index contributed by atoms with van der Waals surface area (Å²) in [5.41, 5.74) is 3.43. The Hall–Kier alpha value is -3.25. The average Bonchev–Trinajstić information content (AvgIpc) is 3.08. The molecule has 1 aliphatic heterocycles. The van der Waals surface area contributed by atoms with Crippen LogP contribution in [0.2, 0.25) is 0 Å². The van der Waals surface area contributed by atoms with E-state index in [9.17, 15) is 13.6 Å². The van der Waals surface area contributed by atoms with Crippen LogP contribution in [0.5, 0.6) is 0 Å². The van der Waals surface area contributed by atoms with Crippen LogP contribution in [-0.4, -0.2) is 11.1 Å². The summed E-state index contributed by atoms with van der Waals surface area (Å²) in [6.45, 7) is 0. The summed E-state index contributed by atoms with van der Waals surface area (Å²) in [5.74, 6) is -0.184. The number of rotatable bonds is 4. The van der Waals surface area contributed by atoms with Gasteiger partial charge in [0, 0.05) is 5.56 Å². The zero-order chi connectivity index (χ0) is 20.2. The van der Waals surface area contributed by atoms with Crippen LogP contribution in [0.4, 0.5) is 14.5 Å². The van der Waals surface area contributed by atoms with E-state index >= 15 is 0 Å². The molecule has 1 fully saturated rings. The maximum atomic E-state index is 12.7. The second-order valence-electron chi connectivity index (χ2n) is 6.36. The molecule has 0 unspecified atom stereocenters. The van der Waals surface area contributed by atoms with Gasteiger partial charge in [0.25, 0.3) is 12.3 Å². The van der Waals surface area contributed by atoms with Crippen LogP contribution in [0, 0.1) is 0 Å². The molecule has 144 valence electrons. The molecule has 0 saturated carbocycles. The molecule has 3 aromatic rings. The third-order valence-electron chi connectivity index (χ3n) is 4.34. The van der Waals surface area contributed by atoms with Crippen LogP contribution in [0.15, 0.2) is 88.8 Å². The molecular weight excluding hydrogens is 390 g/mol. The molecule has 1 saturated heterocycles. The minimum Gasteiger partial charge on any atom is -0.300 e. The van der Waals surface area contributed by atoms with Crippen LogP contribution < -0.4 is 5.32 Å². The quantitative estimate of drug-likeness (QED) is 0.526. The Morgan fingerprint density at radius 2 is 1.48 bits per heavy atom. The number of hydrogen-bond acceptors (Lipinski definition) is 3. The van der Waals surface area contributed by atoms with Crippen molar-refractivity contribution in [2.75, 3.05) is 0 Å². The van der Waals surface area contributed by atoms with Crippen molar-refractivity contribution < 1.29 is 13.6 Å². The average molecular weight is 406 g/mol. The van der Waals surface area contributed by atoms with Gasteiger partial charge in [-0.2, -0.15) is 0 Å². The maximum absolute atomic E-state index is 12.7. The number of amidine groups is 1. The van der Waals surface area contributed by atoms with Crippen molar-refractivity contribution in [1.82, 2.24) is 5.32 Å². The number of nitrogens with zero attached hydrogens (tertiary/aromatic N) is 1. The first-order valence-corrected chi connectivity index (χ1v) is 9.73. The highest BCUT2D eigenvalue weighted by Crippen LogP contribution is 2.29. The van der Waals surface area contributed by atoms with Gasteiger partial charge in [0.05, 0.1) is 10.6 Å². The first kappa shape index (κ1) is 19.1. The number of thioether (sulfide) groups is 1. The predicted molar refractivity (Wildman–Crippen MR) is 114 cm³/mol. The van der Waals surface area contributed by atoms with Crippen molar-refractivity contribution in [2.24, 2.45) is 4.99 Å². The van der Waals surface area contributed by atoms with Gasteiger partial charge in [-0.05, 0) is 46.7 Å². The van der Waals surface area contributed by atoms with Gasteiger partial charge in [-0.25, -0.2) is 13.8 Å². The van der Waals surface area contributed by atoms with E-state index in [0.717, 1.165) is 22.4 Å². The number of hydrogen-bond donors (Lipinski definition) is 1. The summed E-state index contributed by atoms with van der Waals surface area (Å²) in [7, 11) is 0. The second kappa shape index (κ2) is 8.41. The minimum absolute atomic E-state index is 0.00680. The third kappa shape index (κ3) is 4.60. The van der Waals surface area contributed by atoms with Gasteiger partial charge in [0.1, 0.15) is 0 Å². The Kier molecular flexibility index (Phi) is 5.53. The number of alkyl halides is 2. The Morgan fingerprint density at radius 3 is 2.10 bits per heavy atom. The molecule has 29 heavy (non-hydrogen) atoms. The highest BCUT2D eigenvalue weighted by molar-refractivity contribution is 8.18. The fourth-order valence-corrected chi connectivity index (χ4v) is 3.69. The SMILES string of the molecule is O=C1NC(=Nc2ccccc2)S/C1=C/c1ccc(-c2ccc(C(F)F)cc2)cc1. The Labute approximate surface area is 171 Å². The summed E-state index contributed by atoms with van der Waals surface area (Å²) >= 11 is 1.29. The van der Waals surface area contributed by atoms with E-state index < -0.39 is 6.43 Å². The Morgan fingerprint density at radius 1 is 0.862 bits per heavy atom. The number of nitrogens with one attached hydrogen (secondary N) is 1. The second-order valence-corrected chi connectivity index (χ2v) is 7.39. The molecule has 4 rings (SSSR count). The zero-order valence-electron chi connectivity index (χ0n) is 15.2. The molecule has 3 aromatic carbocycles. The Balaban J connectivity index is 1.50. The summed E-state index contributed by atoms with van der Waals surface area (Å²) in [6.07, 6.45) is -0.666. The number of carbonyl (C=O) groups excluding carboxylic acids is 1. The van der Waals surface area contributed by atoms with Crippen molar-refractivity contribution in [3.63, 3.8) is 0 Å². The van der Waals surface area contributed by atoms with Crippen LogP contribution in [0.3, 0.4) is 0 Å². The lowest BCUT2D eigenvalue weighted by Crippen LogP contribution is -2.19. The standard InChI is InChI=1S/C23H16F2N2OS/c24-21(25)18-12-10-17(11-13-18)16-8-6-15(7-9-16)14-20-22(28)27-23(29-20)26-19-4-2-1-3-5-19/h1-14,21H,(H,26,27,28)/b20-14+. The van der Waals surface area contributed by atoms with Crippen molar-refractivity contribution in [3.8, 4) is 11.1 Å². The molecule has 1 N–H and O–H groups in total. The molecule has 0 atom stereocenters. The smallest absolute Gasteiger partial charge is 0.264 e. The molecule has 0 spiro atoms. The lowest BCUT2D eigenvalue weighted by Gasteiger charge is -2.05. The fourth-order valence-electron chi connectivity index (χ4n) is 2.84. The van der Waals surface area contributed by atoms with Crippen molar-refractivity contribution in [3.05, 3.63) is 94.9 Å². The summed E-state index contributed by atoms with van der Waals surface area (Å²) in [5, 5.41) is 3.31. The molecule has 0 aliphatic carbocycles. The van der Waals surface area contributed by atoms with Crippen LogP contribution >= 0.6 is 11.8 Å². The molecule has 0 aromatic heterocycles. The fraction of sp³-hybridized carbons (Fsp3) is 0.0435. The van der Waals surface area contributed by atoms with Gasteiger partial charge in [0.15, 0.2) is 5.17 Å². The van der Waals surface area contributed by atoms with E-state index in [2.05, 4.69) is 10.3 Å². The summed E-state index contributed by atoms with van der Waals surface area (Å²) in [4.78, 5) is 17.2. The van der Waals surface area contributed by atoms with Gasteiger partial charge in [-0.15, -0.1) is 0 Å². The van der Waals surface area contributed by atoms with Crippen molar-refractivity contribution >= 4 is 34.6 Å². The molecule has 0 radical (unpaired) electrons. The highest BCUT2D eigenvalue weighted by atomic mass is 32.2. The first-order chi connectivity index (χ1) is 14.1. The van der Waals surface area contributed by atoms with Crippen molar-refractivity contribution in [1.29, 1.82) is 0 Å². The van der Waals surface area contributed by atoms with Crippen LogP contribution in [0.1, 0.15) is 17.6 Å². The summed E-state index contributed by atoms with van der Waals surface area (Å²) < 4.78 is 25.4. The lowest BCUT2D eigenvalue weighted by atomic mass is 10.0. The van der Waals surface area contributed by atoms with E-state index in [4.69, 9.17) is 0 Å². The Bertz CT molecular complexity index is 1080. The number of amides is 1. The molecule has 3 nitrogen and oxygen atoms in total. The van der Waals surface area contributed by atoms with Gasteiger partial charge in [-0.3, -0.25) is 4.79 Å². The topological polar surface area (TPSA) is 41.5 Å². The van der Waals surface area contributed by atoms with Gasteiger partial charge < -0.3 is 5.32 Å². The van der Waals surface area contributed by atoms with Crippen molar-refractivity contribution in [2.45, 2.75) is 6.43 Å². The van der Waals surface area contributed by atoms with E-state index in [-0.39, 0.29) is 11.5 Å². The van der Waals surface area contributed by atoms with E-state index in [0.29, 0.717) is 10.1 Å². The first-order valence-electron chi connectivity index (χ1n) is 8.92. The monoisotopic (exact) mass is 406 g/mol. The van der Waals surface area contributed by atoms with Crippen LogP contribution in [-0.2, 0) is 4.79 Å². The third-order valence-corrected chi connectivity index (χ3v) is 5.25. The minimum atomic E-state index is -2.47. The van der Waals surface area contributed by atoms with Gasteiger partial charge in [0.2, 0.25) is 0 Å². The van der Waals surface area contributed by atoms with Gasteiger partial charge in [-0.1, -0.05) is 66.7 Å². The maximum Gasteiger partial charge on any atom is 0.264 e. The predicted octanol–water partition coefficient (Wildman–Crippen LogP) is 6.18. The molecule has 1 amide bonds. The molecule has 0 bridgehead atoms. The van der Waals surface area contributed by atoms with E-state index in [1.165, 1.54) is 23.9 Å². The zero-order valence-corrected chi connectivity index (χ0v) is 16.0. The highest BCUT2D eigenvalue weighted by Gasteiger charge is 2.23. The van der Waals surface area contributed by atoms with E-state index in [1.807, 2.05) is 54.6 Å². The largest absolute Gasteiger partial charge is 0.300 e. The molecule has 1 aliphatic rings. The van der Waals surface area contributed by atoms with E-state index in [1.54, 1.807) is 18.2 Å². The number of aliphatic imine (C=N–C) groups is 1. The number of carbonyl (C=O) groups is 1. The molecule has 6 heteroatoms. The normalized spacial score (nSPS) is 16.6. The molecule has 1 heterocycles. The lowest BCUT2D eigenvalue weighted by molar-refractivity contribution is -0.115. The van der Waals surface area contributed by atoms with Gasteiger partial charge >= 0.3 is 0 Å². The summed E-state index contributed by atoms with van der Waals surface area (Å²) in [6, 6.07) is 23.2. The number of benzene rings is 3.